The van der Waals surface area contributed by atoms with Gasteiger partial charge >= 0.3 is 0 Å². The predicted octanol–water partition coefficient (Wildman–Crippen LogP) is 0.818. The largest absolute Gasteiger partial charge is 0.327 e. The van der Waals surface area contributed by atoms with Gasteiger partial charge in [0, 0.05) is 6.54 Å². The fourth-order valence-corrected chi connectivity index (χ4v) is 0.0445. The lowest BCUT2D eigenvalue weighted by molar-refractivity contribution is 0.705. The van der Waals surface area contributed by atoms with E-state index >= 15 is 0 Å². The average Bonchev–Trinajstić information content (AvgIpc) is 1.65. The summed E-state index contributed by atoms with van der Waals surface area (Å²) in [6.45, 7) is 1.95. The molecule has 0 aliphatic heterocycles. The van der Waals surface area contributed by atoms with Gasteiger partial charge in [0.2, 0.25) is 0 Å². The van der Waals surface area contributed by atoms with Gasteiger partial charge in [-0.3, -0.25) is 0 Å². The third kappa shape index (κ3) is 1.91. The highest BCUT2D eigenvalue weighted by Crippen LogP contribution is 1.84. The van der Waals surface area contributed by atoms with Gasteiger partial charge in [0.05, 0.1) is 6.33 Å². The molecule has 0 rings (SSSR count). The number of hydrogen-bond acceptors (Lipinski definition) is 1. The zero-order valence-corrected chi connectivity index (χ0v) is 3.74. The highest BCUT2D eigenvalue weighted by molar-refractivity contribution is 4.92. The highest BCUT2D eigenvalue weighted by atomic mass is 19.1. The van der Waals surface area contributed by atoms with E-state index in [-0.39, 0.29) is 0 Å². The third-order valence-corrected chi connectivity index (χ3v) is 0.508. The van der Waals surface area contributed by atoms with Gasteiger partial charge in [-0.2, -0.15) is 0 Å². The van der Waals surface area contributed by atoms with E-state index in [2.05, 4.69) is 0 Å². The van der Waals surface area contributed by atoms with Gasteiger partial charge in [-0.05, 0) is 12.5 Å². The minimum Gasteiger partial charge on any atom is -0.327 e. The Balaban J connectivity index is 3.22. The molecule has 0 heterocycles. The zero-order valence-electron chi connectivity index (χ0n) is 3.74. The van der Waals surface area contributed by atoms with E-state index in [1.807, 2.05) is 0 Å². The standard InChI is InChI=1S/C4H8FN/c1-4(2-5)3-6/h2H,3,6H2,1H3/b4-2+. The lowest BCUT2D eigenvalue weighted by Crippen LogP contribution is -1.98. The Labute approximate surface area is 36.6 Å². The molecule has 0 fully saturated rings. The van der Waals surface area contributed by atoms with E-state index in [1.165, 1.54) is 0 Å². The van der Waals surface area contributed by atoms with E-state index in [1.54, 1.807) is 6.92 Å². The molecule has 0 aliphatic carbocycles. The number of hydrogen-bond donors (Lipinski definition) is 1. The van der Waals surface area contributed by atoms with Crippen molar-refractivity contribution in [3.63, 3.8) is 0 Å². The first-order valence-electron chi connectivity index (χ1n) is 1.77. The fraction of sp³-hybridized carbons (Fsp3) is 0.500. The van der Waals surface area contributed by atoms with Crippen molar-refractivity contribution in [1.82, 2.24) is 0 Å². The van der Waals surface area contributed by atoms with E-state index < -0.39 is 0 Å². The van der Waals surface area contributed by atoms with E-state index in [9.17, 15) is 4.39 Å². The lowest BCUT2D eigenvalue weighted by Gasteiger charge is -1.83. The molecule has 0 unspecified atom stereocenters. The molecule has 0 saturated heterocycles. The average molecular weight is 89.1 g/mol. The molecule has 6 heavy (non-hydrogen) atoms. The molecule has 0 radical (unpaired) electrons. The van der Waals surface area contributed by atoms with E-state index in [4.69, 9.17) is 5.73 Å². The molecule has 0 aromatic rings. The van der Waals surface area contributed by atoms with Crippen LogP contribution in [0.3, 0.4) is 0 Å². The predicted molar refractivity (Wildman–Crippen MR) is 23.9 cm³/mol. The first-order chi connectivity index (χ1) is 2.81. The monoisotopic (exact) mass is 89.1 g/mol. The Kier molecular flexibility index (Phi) is 2.67. The molecule has 0 saturated carbocycles. The van der Waals surface area contributed by atoms with E-state index in [0.29, 0.717) is 18.4 Å². The molecule has 0 bridgehead atoms. The van der Waals surface area contributed by atoms with Crippen LogP contribution >= 0.6 is 0 Å². The third-order valence-electron chi connectivity index (χ3n) is 0.508. The minimum atomic E-state index is 0.316. The topological polar surface area (TPSA) is 26.0 Å². The van der Waals surface area contributed by atoms with Gasteiger partial charge in [-0.25, -0.2) is 4.39 Å². The van der Waals surface area contributed by atoms with Gasteiger partial charge in [0.25, 0.3) is 0 Å². The van der Waals surface area contributed by atoms with Crippen LogP contribution < -0.4 is 5.73 Å². The molecule has 2 N–H and O–H groups in total. The normalized spacial score (nSPS) is 12.2. The molecule has 1 nitrogen and oxygen atoms in total. The van der Waals surface area contributed by atoms with Crippen molar-refractivity contribution in [3.05, 3.63) is 11.9 Å². The summed E-state index contributed by atoms with van der Waals surface area (Å²) in [5.41, 5.74) is 5.55. The van der Waals surface area contributed by atoms with E-state index in [0.717, 1.165) is 0 Å². The smallest absolute Gasteiger partial charge is 0.0868 e. The molecule has 0 aromatic carbocycles. The number of halogens is 1. The van der Waals surface area contributed by atoms with Crippen molar-refractivity contribution >= 4 is 0 Å². The summed E-state index contributed by atoms with van der Waals surface area (Å²) in [4.78, 5) is 0. The maximum atomic E-state index is 11.1. The molecule has 0 aromatic heterocycles. The lowest BCUT2D eigenvalue weighted by atomic mass is 10.4. The Bertz CT molecular complexity index is 58.6. The fourth-order valence-electron chi connectivity index (χ4n) is 0.0445. The van der Waals surface area contributed by atoms with Crippen molar-refractivity contribution in [3.8, 4) is 0 Å². The summed E-state index contributed by atoms with van der Waals surface area (Å²) >= 11 is 0. The number of nitrogens with two attached hydrogens (primary N) is 1. The van der Waals surface area contributed by atoms with Crippen LogP contribution in [0.15, 0.2) is 11.9 Å². The van der Waals surface area contributed by atoms with Gasteiger partial charge < -0.3 is 5.73 Å². The van der Waals surface area contributed by atoms with Crippen LogP contribution in [0.25, 0.3) is 0 Å². The Hall–Kier alpha value is -0.370. The molecular weight excluding hydrogens is 81.0 g/mol. The van der Waals surface area contributed by atoms with Crippen LogP contribution in [0.1, 0.15) is 6.92 Å². The van der Waals surface area contributed by atoms with Crippen LogP contribution in [0, 0.1) is 0 Å². The molecule has 2 heteroatoms. The second kappa shape index (κ2) is 2.85. The van der Waals surface area contributed by atoms with Crippen LogP contribution in [0.2, 0.25) is 0 Å². The first-order valence-corrected chi connectivity index (χ1v) is 1.77. The SMILES string of the molecule is C/C(=C\F)CN. The summed E-state index contributed by atoms with van der Waals surface area (Å²) in [5, 5.41) is 0. The Morgan fingerprint density at radius 2 is 2.50 bits per heavy atom. The molecule has 0 amide bonds. The van der Waals surface area contributed by atoms with Crippen molar-refractivity contribution in [2.75, 3.05) is 6.54 Å². The van der Waals surface area contributed by atoms with Gasteiger partial charge in [-0.15, -0.1) is 0 Å². The minimum absolute atomic E-state index is 0.316. The quantitative estimate of drug-likeness (QED) is 0.505. The molecule has 0 aliphatic rings. The van der Waals surface area contributed by atoms with Gasteiger partial charge in [0.15, 0.2) is 0 Å². The molecule has 36 valence electrons. The summed E-state index contributed by atoms with van der Waals surface area (Å²) in [6, 6.07) is 0. The zero-order chi connectivity index (χ0) is 4.99. The second-order valence-electron chi connectivity index (χ2n) is 1.16. The molecule has 0 spiro atoms. The maximum Gasteiger partial charge on any atom is 0.0868 e. The van der Waals surface area contributed by atoms with Crippen molar-refractivity contribution < 1.29 is 4.39 Å². The molecule has 0 atom stereocenters. The summed E-state index contributed by atoms with van der Waals surface area (Å²) < 4.78 is 11.1. The van der Waals surface area contributed by atoms with Crippen molar-refractivity contribution in [1.29, 1.82) is 0 Å². The van der Waals surface area contributed by atoms with Crippen LogP contribution in [0.4, 0.5) is 4.39 Å². The van der Waals surface area contributed by atoms with Crippen LogP contribution in [-0.4, -0.2) is 6.54 Å². The summed E-state index contributed by atoms with van der Waals surface area (Å²) in [6.07, 6.45) is 0.514. The van der Waals surface area contributed by atoms with Crippen LogP contribution in [-0.2, 0) is 0 Å². The first kappa shape index (κ1) is 5.63. The highest BCUT2D eigenvalue weighted by Gasteiger charge is 1.76. The second-order valence-corrected chi connectivity index (χ2v) is 1.16. The van der Waals surface area contributed by atoms with Crippen molar-refractivity contribution in [2.24, 2.45) is 5.73 Å². The molecular formula is C4H8FN. The van der Waals surface area contributed by atoms with Crippen molar-refractivity contribution in [2.45, 2.75) is 6.92 Å². The Morgan fingerprint density at radius 1 is 2.00 bits per heavy atom. The number of rotatable bonds is 1. The summed E-state index contributed by atoms with van der Waals surface area (Å²) in [5.74, 6) is 0. The van der Waals surface area contributed by atoms with Gasteiger partial charge in [-0.1, -0.05) is 0 Å². The maximum absolute atomic E-state index is 11.1. The van der Waals surface area contributed by atoms with Gasteiger partial charge in [0.1, 0.15) is 0 Å². The summed E-state index contributed by atoms with van der Waals surface area (Å²) in [7, 11) is 0. The Morgan fingerprint density at radius 3 is 2.50 bits per heavy atom. The van der Waals surface area contributed by atoms with Crippen LogP contribution in [0.5, 0.6) is 0 Å².